The fraction of sp³-hybridized carbons (Fsp3) is 0.538. The van der Waals surface area contributed by atoms with E-state index in [4.69, 9.17) is 14.2 Å². The van der Waals surface area contributed by atoms with Gasteiger partial charge in [0.2, 0.25) is 0 Å². The summed E-state index contributed by atoms with van der Waals surface area (Å²) >= 11 is 0. The summed E-state index contributed by atoms with van der Waals surface area (Å²) in [5.74, 6) is 1.68. The molecular formula is C13H21NO3. The molecule has 0 spiro atoms. The van der Waals surface area contributed by atoms with Gasteiger partial charge in [0.15, 0.2) is 0 Å². The maximum atomic E-state index is 5.47. The van der Waals surface area contributed by atoms with Crippen molar-refractivity contribution in [2.75, 3.05) is 28.4 Å². The van der Waals surface area contributed by atoms with Crippen LogP contribution >= 0.6 is 0 Å². The molecule has 1 unspecified atom stereocenters. The molecule has 0 aliphatic carbocycles. The molecule has 0 radical (unpaired) electrons. The van der Waals surface area contributed by atoms with E-state index in [2.05, 4.69) is 5.32 Å². The van der Waals surface area contributed by atoms with Crippen LogP contribution in [0.25, 0.3) is 0 Å². The third-order valence-electron chi connectivity index (χ3n) is 3.03. The van der Waals surface area contributed by atoms with Crippen molar-refractivity contribution >= 4 is 0 Å². The van der Waals surface area contributed by atoms with Gasteiger partial charge in [0.05, 0.1) is 14.2 Å². The van der Waals surface area contributed by atoms with Crippen LogP contribution in [0.15, 0.2) is 6.07 Å². The SMILES string of the molecule is CNC(OC)c1cc(OC)c(C)c(C)c1OC. The minimum Gasteiger partial charge on any atom is -0.496 e. The van der Waals surface area contributed by atoms with Gasteiger partial charge in [0.25, 0.3) is 0 Å². The third-order valence-corrected chi connectivity index (χ3v) is 3.03. The minimum absolute atomic E-state index is 0.210. The van der Waals surface area contributed by atoms with Crippen LogP contribution < -0.4 is 14.8 Å². The fourth-order valence-electron chi connectivity index (χ4n) is 1.96. The molecule has 1 N–H and O–H groups in total. The smallest absolute Gasteiger partial charge is 0.137 e. The van der Waals surface area contributed by atoms with Crippen molar-refractivity contribution in [1.82, 2.24) is 5.32 Å². The van der Waals surface area contributed by atoms with Crippen molar-refractivity contribution < 1.29 is 14.2 Å². The standard InChI is InChI=1S/C13H21NO3/c1-8-9(2)12(16-5)10(7-11(8)15-4)13(14-3)17-6/h7,13-14H,1-6H3. The summed E-state index contributed by atoms with van der Waals surface area (Å²) in [4.78, 5) is 0. The first kappa shape index (κ1) is 13.8. The molecule has 0 amide bonds. The van der Waals surface area contributed by atoms with Crippen molar-refractivity contribution in [3.63, 3.8) is 0 Å². The van der Waals surface area contributed by atoms with E-state index < -0.39 is 0 Å². The summed E-state index contributed by atoms with van der Waals surface area (Å²) in [7, 11) is 6.83. The predicted molar refractivity (Wildman–Crippen MR) is 67.8 cm³/mol. The van der Waals surface area contributed by atoms with Gasteiger partial charge in [0, 0.05) is 12.7 Å². The summed E-state index contributed by atoms with van der Waals surface area (Å²) in [5, 5.41) is 3.08. The molecular weight excluding hydrogens is 218 g/mol. The molecule has 96 valence electrons. The Kier molecular flexibility index (Phi) is 4.78. The van der Waals surface area contributed by atoms with Crippen molar-refractivity contribution in [1.29, 1.82) is 0 Å². The number of nitrogens with one attached hydrogen (secondary N) is 1. The predicted octanol–water partition coefficient (Wildman–Crippen LogP) is 2.19. The van der Waals surface area contributed by atoms with E-state index in [1.165, 1.54) is 0 Å². The molecule has 0 saturated heterocycles. The number of rotatable bonds is 5. The molecule has 1 rings (SSSR count). The van der Waals surface area contributed by atoms with E-state index in [0.29, 0.717) is 0 Å². The quantitative estimate of drug-likeness (QED) is 0.799. The Morgan fingerprint density at radius 2 is 1.71 bits per heavy atom. The molecule has 1 aromatic carbocycles. The Labute approximate surface area is 103 Å². The summed E-state index contributed by atoms with van der Waals surface area (Å²) in [6, 6.07) is 1.95. The van der Waals surface area contributed by atoms with Crippen molar-refractivity contribution in [3.8, 4) is 11.5 Å². The average Bonchev–Trinajstić information content (AvgIpc) is 2.35. The van der Waals surface area contributed by atoms with E-state index in [-0.39, 0.29) is 6.23 Å². The topological polar surface area (TPSA) is 39.7 Å². The number of ether oxygens (including phenoxy) is 3. The molecule has 1 atom stereocenters. The highest BCUT2D eigenvalue weighted by molar-refractivity contribution is 5.53. The van der Waals surface area contributed by atoms with Gasteiger partial charge in [-0.3, -0.25) is 5.32 Å². The van der Waals surface area contributed by atoms with Crippen LogP contribution in [0.2, 0.25) is 0 Å². The summed E-state index contributed by atoms with van der Waals surface area (Å²) < 4.78 is 16.2. The highest BCUT2D eigenvalue weighted by atomic mass is 16.5. The van der Waals surface area contributed by atoms with Crippen LogP contribution in [0.3, 0.4) is 0 Å². The van der Waals surface area contributed by atoms with E-state index in [9.17, 15) is 0 Å². The molecule has 0 aliphatic heterocycles. The lowest BCUT2D eigenvalue weighted by molar-refractivity contribution is 0.0783. The fourth-order valence-corrected chi connectivity index (χ4v) is 1.96. The normalized spacial score (nSPS) is 12.4. The van der Waals surface area contributed by atoms with Crippen molar-refractivity contribution in [2.45, 2.75) is 20.1 Å². The molecule has 0 saturated carbocycles. The van der Waals surface area contributed by atoms with Crippen molar-refractivity contribution in [3.05, 3.63) is 22.8 Å². The maximum absolute atomic E-state index is 5.47. The molecule has 17 heavy (non-hydrogen) atoms. The van der Waals surface area contributed by atoms with Crippen LogP contribution in [0.1, 0.15) is 22.9 Å². The lowest BCUT2D eigenvalue weighted by Gasteiger charge is -2.22. The molecule has 4 heteroatoms. The molecule has 0 aromatic heterocycles. The molecule has 4 nitrogen and oxygen atoms in total. The van der Waals surface area contributed by atoms with Crippen LogP contribution in [0, 0.1) is 13.8 Å². The monoisotopic (exact) mass is 239 g/mol. The highest BCUT2D eigenvalue weighted by Gasteiger charge is 2.19. The molecule has 0 bridgehead atoms. The molecule has 0 aliphatic rings. The van der Waals surface area contributed by atoms with E-state index in [0.717, 1.165) is 28.2 Å². The highest BCUT2D eigenvalue weighted by Crippen LogP contribution is 2.36. The Morgan fingerprint density at radius 3 is 2.12 bits per heavy atom. The van der Waals surface area contributed by atoms with Gasteiger partial charge in [-0.1, -0.05) is 0 Å². The van der Waals surface area contributed by atoms with Gasteiger partial charge in [-0.25, -0.2) is 0 Å². The molecule has 1 aromatic rings. The van der Waals surface area contributed by atoms with Gasteiger partial charge < -0.3 is 14.2 Å². The Morgan fingerprint density at radius 1 is 1.06 bits per heavy atom. The van der Waals surface area contributed by atoms with Gasteiger partial charge in [-0.15, -0.1) is 0 Å². The average molecular weight is 239 g/mol. The third kappa shape index (κ3) is 2.53. The van der Waals surface area contributed by atoms with E-state index in [1.54, 1.807) is 21.3 Å². The van der Waals surface area contributed by atoms with Crippen LogP contribution in [0.4, 0.5) is 0 Å². The zero-order chi connectivity index (χ0) is 13.0. The Hall–Kier alpha value is -1.26. The van der Waals surface area contributed by atoms with E-state index >= 15 is 0 Å². The second-order valence-electron chi connectivity index (χ2n) is 3.86. The first-order chi connectivity index (χ1) is 8.10. The van der Waals surface area contributed by atoms with Crippen LogP contribution in [-0.4, -0.2) is 28.4 Å². The molecule has 0 fully saturated rings. The first-order valence-electron chi connectivity index (χ1n) is 5.52. The number of hydrogen-bond acceptors (Lipinski definition) is 4. The second-order valence-corrected chi connectivity index (χ2v) is 3.86. The van der Waals surface area contributed by atoms with Gasteiger partial charge in [-0.05, 0) is 38.1 Å². The first-order valence-corrected chi connectivity index (χ1v) is 5.52. The zero-order valence-electron chi connectivity index (χ0n) is 11.4. The summed E-state index contributed by atoms with van der Waals surface area (Å²) in [6.07, 6.45) is -0.210. The second kappa shape index (κ2) is 5.89. The Balaban J connectivity index is 3.41. The number of hydrogen-bond donors (Lipinski definition) is 1. The van der Waals surface area contributed by atoms with E-state index in [1.807, 2.05) is 27.0 Å². The molecule has 0 heterocycles. The lowest BCUT2D eigenvalue weighted by Crippen LogP contribution is -2.19. The summed E-state index contributed by atoms with van der Waals surface area (Å²) in [6.45, 7) is 4.03. The van der Waals surface area contributed by atoms with Gasteiger partial charge in [-0.2, -0.15) is 0 Å². The lowest BCUT2D eigenvalue weighted by atomic mass is 10.0. The Bertz CT molecular complexity index is 387. The summed E-state index contributed by atoms with van der Waals surface area (Å²) in [5.41, 5.74) is 3.09. The van der Waals surface area contributed by atoms with Gasteiger partial charge in [0.1, 0.15) is 17.7 Å². The maximum Gasteiger partial charge on any atom is 0.137 e. The van der Waals surface area contributed by atoms with Crippen LogP contribution in [0.5, 0.6) is 11.5 Å². The minimum atomic E-state index is -0.210. The zero-order valence-corrected chi connectivity index (χ0v) is 11.4. The van der Waals surface area contributed by atoms with Crippen LogP contribution in [-0.2, 0) is 4.74 Å². The van der Waals surface area contributed by atoms with Gasteiger partial charge >= 0.3 is 0 Å². The van der Waals surface area contributed by atoms with Crippen molar-refractivity contribution in [2.24, 2.45) is 0 Å². The number of methoxy groups -OCH3 is 3. The largest absolute Gasteiger partial charge is 0.496 e. The number of benzene rings is 1.